The molecule has 0 spiro atoms. The molecule has 47 heavy (non-hydrogen) atoms. The van der Waals surface area contributed by atoms with Gasteiger partial charge in [0.05, 0.1) is 28.4 Å². The first-order valence-corrected chi connectivity index (χ1v) is 16.1. The summed E-state index contributed by atoms with van der Waals surface area (Å²) in [6, 6.07) is 18.5. The van der Waals surface area contributed by atoms with Crippen LogP contribution in [0, 0.1) is 0 Å². The molecular formula is C38H42N2O7. The fraction of sp³-hybridized carbons (Fsp3) is 0.368. The summed E-state index contributed by atoms with van der Waals surface area (Å²) in [6.45, 7) is 1.68. The van der Waals surface area contributed by atoms with Gasteiger partial charge in [0.1, 0.15) is 11.5 Å². The lowest BCUT2D eigenvalue weighted by atomic mass is 9.86. The molecule has 9 heteroatoms. The van der Waals surface area contributed by atoms with Crippen LogP contribution in [0.4, 0.5) is 0 Å². The van der Waals surface area contributed by atoms with Gasteiger partial charge in [-0.1, -0.05) is 24.3 Å². The van der Waals surface area contributed by atoms with E-state index in [1.165, 1.54) is 5.56 Å². The summed E-state index contributed by atoms with van der Waals surface area (Å²) in [6.07, 6.45) is 2.96. The van der Waals surface area contributed by atoms with Crippen LogP contribution in [0.25, 0.3) is 0 Å². The number of hydrogen-bond donors (Lipinski definition) is 1. The zero-order valence-electron chi connectivity index (χ0n) is 27.9. The number of hydrogen-bond acceptors (Lipinski definition) is 9. The minimum atomic E-state index is -0.0915. The average molecular weight is 639 g/mol. The molecule has 0 amide bonds. The first-order valence-electron chi connectivity index (χ1n) is 16.1. The molecule has 1 N–H and O–H groups in total. The molecule has 10 rings (SSSR count). The lowest BCUT2D eigenvalue weighted by molar-refractivity contribution is 0.217. The van der Waals surface area contributed by atoms with Crippen LogP contribution >= 0.6 is 0 Å². The highest BCUT2D eigenvalue weighted by Gasteiger charge is 2.37. The predicted octanol–water partition coefficient (Wildman–Crippen LogP) is 6.87. The van der Waals surface area contributed by atoms with Gasteiger partial charge in [-0.05, 0) is 86.8 Å². The average Bonchev–Trinajstić information content (AvgIpc) is 3.08. The second kappa shape index (κ2) is 12.5. The monoisotopic (exact) mass is 638 g/mol. The van der Waals surface area contributed by atoms with Crippen LogP contribution in [0.5, 0.6) is 51.7 Å². The van der Waals surface area contributed by atoms with E-state index < -0.39 is 0 Å². The van der Waals surface area contributed by atoms with Gasteiger partial charge in [0, 0.05) is 41.9 Å². The molecular weight excluding hydrogens is 596 g/mol. The van der Waals surface area contributed by atoms with Crippen LogP contribution in [-0.4, -0.2) is 70.5 Å². The summed E-state index contributed by atoms with van der Waals surface area (Å²) >= 11 is 0. The number of nitrogens with zero attached hydrogens (tertiary/aromatic N) is 2. The van der Waals surface area contributed by atoms with Crippen molar-refractivity contribution in [1.82, 2.24) is 9.80 Å². The lowest BCUT2D eigenvalue weighted by Gasteiger charge is -2.37. The smallest absolute Gasteiger partial charge is 0.208 e. The summed E-state index contributed by atoms with van der Waals surface area (Å²) in [4.78, 5) is 4.68. The van der Waals surface area contributed by atoms with Crippen molar-refractivity contribution < 1.29 is 33.5 Å². The number of benzene rings is 4. The standard InChI is InChI=1S/C38H42N2O7/c1-39-17-15-24-21-30(42-3)34(43-4)35-31(24)28(39)19-22-7-13-26(14-8-22)47-36-32-27(33(41)37(44-5)38(36)45-6)16-18-40(2)29(32)20-23-9-11-25(46-35)12-10-23/h7-14,21,28-29,41H,15-20H2,1-6H3. The van der Waals surface area contributed by atoms with Gasteiger partial charge in [0.15, 0.2) is 23.0 Å². The highest BCUT2D eigenvalue weighted by molar-refractivity contribution is 5.69. The van der Waals surface area contributed by atoms with Crippen molar-refractivity contribution >= 4 is 0 Å². The predicted molar refractivity (Wildman–Crippen MR) is 179 cm³/mol. The molecule has 0 saturated carbocycles. The molecule has 6 aliphatic rings. The van der Waals surface area contributed by atoms with Crippen LogP contribution < -0.4 is 28.4 Å². The van der Waals surface area contributed by atoms with Gasteiger partial charge in [0.2, 0.25) is 17.2 Å². The number of phenols is 1. The number of phenolic OH excluding ortho intramolecular Hbond substituents is 1. The highest BCUT2D eigenvalue weighted by Crippen LogP contribution is 2.55. The summed E-state index contributed by atoms with van der Waals surface area (Å²) in [5.41, 5.74) is 6.31. The summed E-state index contributed by atoms with van der Waals surface area (Å²) in [5, 5.41) is 11.4. The van der Waals surface area contributed by atoms with E-state index in [9.17, 15) is 5.11 Å². The molecule has 0 aliphatic carbocycles. The van der Waals surface area contributed by atoms with E-state index >= 15 is 0 Å². The molecule has 4 aromatic carbocycles. The summed E-state index contributed by atoms with van der Waals surface area (Å²) < 4.78 is 36.8. The summed E-state index contributed by atoms with van der Waals surface area (Å²) in [7, 11) is 10.7. The Hall–Kier alpha value is -4.60. The Kier molecular flexibility index (Phi) is 8.28. The van der Waals surface area contributed by atoms with Crippen molar-refractivity contribution in [2.24, 2.45) is 0 Å². The number of methoxy groups -OCH3 is 4. The number of aromatic hydroxyl groups is 1. The first-order chi connectivity index (χ1) is 22.8. The van der Waals surface area contributed by atoms with Crippen LogP contribution in [0.1, 0.15) is 45.5 Å². The third-order valence-corrected chi connectivity index (χ3v) is 9.96. The Morgan fingerprint density at radius 2 is 1.15 bits per heavy atom. The topological polar surface area (TPSA) is 82.1 Å². The van der Waals surface area contributed by atoms with Gasteiger partial charge in [-0.2, -0.15) is 0 Å². The second-order valence-corrected chi connectivity index (χ2v) is 12.5. The maximum Gasteiger partial charge on any atom is 0.208 e. The molecule has 0 fully saturated rings. The van der Waals surface area contributed by atoms with Crippen molar-refractivity contribution in [3.05, 3.63) is 88.0 Å². The van der Waals surface area contributed by atoms with Crippen molar-refractivity contribution in [1.29, 1.82) is 0 Å². The van der Waals surface area contributed by atoms with Gasteiger partial charge in [-0.3, -0.25) is 9.80 Å². The molecule has 0 saturated heterocycles. The molecule has 2 unspecified atom stereocenters. The Balaban J connectivity index is 1.42. The molecule has 2 atom stereocenters. The summed E-state index contributed by atoms with van der Waals surface area (Å²) in [5.74, 6) is 4.65. The minimum absolute atomic E-state index is 0.0447. The Bertz CT molecular complexity index is 1790. The van der Waals surface area contributed by atoms with Crippen LogP contribution in [0.2, 0.25) is 0 Å². The molecule has 0 aromatic heterocycles. The van der Waals surface area contributed by atoms with Gasteiger partial charge in [-0.25, -0.2) is 0 Å². The zero-order chi connectivity index (χ0) is 32.8. The number of likely N-dealkylation sites (N-methyl/N-ethyl adjacent to an activating group) is 2. The zero-order valence-corrected chi connectivity index (χ0v) is 27.9. The van der Waals surface area contributed by atoms with E-state index in [1.54, 1.807) is 28.4 Å². The van der Waals surface area contributed by atoms with E-state index in [4.69, 9.17) is 28.4 Å². The fourth-order valence-corrected chi connectivity index (χ4v) is 7.44. The van der Waals surface area contributed by atoms with Crippen molar-refractivity contribution in [2.75, 3.05) is 55.6 Å². The largest absolute Gasteiger partial charge is 0.504 e. The Labute approximate surface area is 276 Å². The minimum Gasteiger partial charge on any atom is -0.504 e. The fourth-order valence-electron chi connectivity index (χ4n) is 7.44. The molecule has 4 aromatic rings. The normalized spacial score (nSPS) is 19.0. The molecule has 246 valence electrons. The third-order valence-electron chi connectivity index (χ3n) is 9.96. The molecule has 6 heterocycles. The van der Waals surface area contributed by atoms with Gasteiger partial charge < -0.3 is 33.5 Å². The third kappa shape index (κ3) is 5.37. The van der Waals surface area contributed by atoms with Crippen LogP contribution in [0.15, 0.2) is 54.6 Å². The van der Waals surface area contributed by atoms with E-state index in [1.807, 2.05) is 24.3 Å². The van der Waals surface area contributed by atoms with E-state index in [0.29, 0.717) is 53.1 Å². The molecule has 0 radical (unpaired) electrons. The highest BCUT2D eigenvalue weighted by atomic mass is 16.5. The van der Waals surface area contributed by atoms with E-state index in [0.717, 1.165) is 53.7 Å². The quantitative estimate of drug-likeness (QED) is 0.258. The van der Waals surface area contributed by atoms with Crippen LogP contribution in [-0.2, 0) is 25.7 Å². The van der Waals surface area contributed by atoms with Crippen molar-refractivity contribution in [3.8, 4) is 51.7 Å². The molecule has 9 nitrogen and oxygen atoms in total. The maximum atomic E-state index is 11.4. The second-order valence-electron chi connectivity index (χ2n) is 12.5. The van der Waals surface area contributed by atoms with Gasteiger partial charge >= 0.3 is 0 Å². The van der Waals surface area contributed by atoms with Gasteiger partial charge in [-0.15, -0.1) is 0 Å². The Morgan fingerprint density at radius 1 is 0.638 bits per heavy atom. The number of ether oxygens (including phenoxy) is 6. The van der Waals surface area contributed by atoms with E-state index in [2.05, 4.69) is 54.2 Å². The lowest BCUT2D eigenvalue weighted by Crippen LogP contribution is -2.34. The Morgan fingerprint density at radius 3 is 1.68 bits per heavy atom. The van der Waals surface area contributed by atoms with Crippen molar-refractivity contribution in [3.63, 3.8) is 0 Å². The maximum absolute atomic E-state index is 11.4. The SMILES string of the molecule is COc1cc2c3c(c1OC)Oc1ccc(cc1)CC1c4c(c(O)c(OC)c(OC)c4Oc4ccc(cc4)CC3N(C)CC2)CCN1C. The van der Waals surface area contributed by atoms with Crippen LogP contribution in [0.3, 0.4) is 0 Å². The van der Waals surface area contributed by atoms with Gasteiger partial charge in [0.25, 0.3) is 0 Å². The first kappa shape index (κ1) is 31.0. The van der Waals surface area contributed by atoms with Crippen molar-refractivity contribution in [2.45, 2.75) is 37.8 Å². The van der Waals surface area contributed by atoms with E-state index in [-0.39, 0.29) is 23.6 Å². The molecule has 6 aliphatic heterocycles. The number of rotatable bonds is 4. The molecule has 4 bridgehead atoms.